The molecule has 0 aliphatic heterocycles. The van der Waals surface area contributed by atoms with Gasteiger partial charge in [0, 0.05) is 6.61 Å². The molecule has 0 saturated heterocycles. The third kappa shape index (κ3) is 6.74. The van der Waals surface area contributed by atoms with Crippen molar-refractivity contribution in [3.8, 4) is 11.5 Å². The van der Waals surface area contributed by atoms with Crippen LogP contribution in [0.3, 0.4) is 0 Å². The van der Waals surface area contributed by atoms with E-state index in [0.29, 0.717) is 13.2 Å². The van der Waals surface area contributed by atoms with Gasteiger partial charge in [0.2, 0.25) is 0 Å². The lowest BCUT2D eigenvalue weighted by Crippen LogP contribution is -2.19. The van der Waals surface area contributed by atoms with E-state index in [1.165, 1.54) is 0 Å². The van der Waals surface area contributed by atoms with Crippen molar-refractivity contribution < 1.29 is 14.2 Å². The Morgan fingerprint density at radius 3 is 2.30 bits per heavy atom. The molecule has 0 fully saturated rings. The summed E-state index contributed by atoms with van der Waals surface area (Å²) in [6, 6.07) is 17.9. The average Bonchev–Trinajstić information content (AvgIpc) is 2.59. The molecule has 3 heteroatoms. The van der Waals surface area contributed by atoms with Crippen LogP contribution in [-0.4, -0.2) is 19.3 Å². The second-order valence-electron chi connectivity index (χ2n) is 5.60. The van der Waals surface area contributed by atoms with Crippen LogP contribution in [-0.2, 0) is 11.3 Å². The first-order chi connectivity index (χ1) is 11.3. The van der Waals surface area contributed by atoms with Gasteiger partial charge >= 0.3 is 0 Å². The lowest BCUT2D eigenvalue weighted by atomic mass is 10.2. The molecule has 0 radical (unpaired) electrons. The van der Waals surface area contributed by atoms with Gasteiger partial charge in [0.05, 0.1) is 6.61 Å². The molecule has 0 aliphatic rings. The van der Waals surface area contributed by atoms with E-state index in [4.69, 9.17) is 14.2 Å². The van der Waals surface area contributed by atoms with Gasteiger partial charge in [0.15, 0.2) is 0 Å². The Morgan fingerprint density at radius 1 is 0.913 bits per heavy atom. The molecule has 0 aromatic heterocycles. The van der Waals surface area contributed by atoms with Gasteiger partial charge in [0.1, 0.15) is 24.2 Å². The molecule has 0 aliphatic carbocycles. The third-order valence-corrected chi connectivity index (χ3v) is 3.40. The Morgan fingerprint density at radius 2 is 1.61 bits per heavy atom. The summed E-state index contributed by atoms with van der Waals surface area (Å²) in [7, 11) is 0. The van der Waals surface area contributed by atoms with Crippen LogP contribution in [0.1, 0.15) is 32.3 Å². The van der Waals surface area contributed by atoms with Crippen molar-refractivity contribution in [1.82, 2.24) is 0 Å². The van der Waals surface area contributed by atoms with Crippen LogP contribution in [0.5, 0.6) is 11.5 Å². The van der Waals surface area contributed by atoms with Gasteiger partial charge < -0.3 is 14.2 Å². The molecule has 23 heavy (non-hydrogen) atoms. The molecule has 0 N–H and O–H groups in total. The van der Waals surface area contributed by atoms with Crippen molar-refractivity contribution in [3.63, 3.8) is 0 Å². The fourth-order valence-corrected chi connectivity index (χ4v) is 2.12. The van der Waals surface area contributed by atoms with Crippen LogP contribution in [0.25, 0.3) is 0 Å². The van der Waals surface area contributed by atoms with E-state index >= 15 is 0 Å². The van der Waals surface area contributed by atoms with Crippen molar-refractivity contribution in [2.24, 2.45) is 0 Å². The summed E-state index contributed by atoms with van der Waals surface area (Å²) in [6.07, 6.45) is 2.29. The molecule has 0 spiro atoms. The van der Waals surface area contributed by atoms with E-state index in [2.05, 4.69) is 19.1 Å². The standard InChI is InChI=1S/C20H26O3/c1-3-4-14-21-15-17(2)23-20-12-10-19(11-13-20)22-16-18-8-6-5-7-9-18/h5-13,17H,3-4,14-16H2,1-2H3/t17-/m1/s1. The van der Waals surface area contributed by atoms with Crippen molar-refractivity contribution >= 4 is 0 Å². The largest absolute Gasteiger partial charge is 0.489 e. The molecule has 0 saturated carbocycles. The fourth-order valence-electron chi connectivity index (χ4n) is 2.12. The topological polar surface area (TPSA) is 27.7 Å². The predicted octanol–water partition coefficient (Wildman–Crippen LogP) is 4.85. The summed E-state index contributed by atoms with van der Waals surface area (Å²) in [5.74, 6) is 1.68. The lowest BCUT2D eigenvalue weighted by molar-refractivity contribution is 0.0572. The summed E-state index contributed by atoms with van der Waals surface area (Å²) in [6.45, 7) is 6.17. The molecule has 1 atom stereocenters. The SMILES string of the molecule is CCCCOC[C@@H](C)Oc1ccc(OCc2ccccc2)cc1. The maximum atomic E-state index is 5.83. The van der Waals surface area contributed by atoms with Crippen LogP contribution < -0.4 is 9.47 Å². The van der Waals surface area contributed by atoms with E-state index in [9.17, 15) is 0 Å². The minimum atomic E-state index is 0.0444. The minimum absolute atomic E-state index is 0.0444. The van der Waals surface area contributed by atoms with Gasteiger partial charge in [-0.05, 0) is 43.2 Å². The van der Waals surface area contributed by atoms with Gasteiger partial charge in [-0.1, -0.05) is 43.7 Å². The highest BCUT2D eigenvalue weighted by Gasteiger charge is 2.04. The van der Waals surface area contributed by atoms with Gasteiger partial charge in [0.25, 0.3) is 0 Å². The molecular formula is C20H26O3. The summed E-state index contributed by atoms with van der Waals surface area (Å²) in [5.41, 5.74) is 1.16. The van der Waals surface area contributed by atoms with E-state index in [1.807, 2.05) is 49.4 Å². The first kappa shape index (κ1) is 17.4. The van der Waals surface area contributed by atoms with Gasteiger partial charge in [-0.3, -0.25) is 0 Å². The van der Waals surface area contributed by atoms with Crippen molar-refractivity contribution in [2.75, 3.05) is 13.2 Å². The van der Waals surface area contributed by atoms with Crippen LogP contribution in [0.2, 0.25) is 0 Å². The van der Waals surface area contributed by atoms with E-state index in [1.54, 1.807) is 0 Å². The Labute approximate surface area is 139 Å². The van der Waals surface area contributed by atoms with Crippen LogP contribution >= 0.6 is 0 Å². The number of hydrogen-bond donors (Lipinski definition) is 0. The van der Waals surface area contributed by atoms with E-state index < -0.39 is 0 Å². The fraction of sp³-hybridized carbons (Fsp3) is 0.400. The second kappa shape index (κ2) is 9.90. The van der Waals surface area contributed by atoms with Gasteiger partial charge in [-0.15, -0.1) is 0 Å². The summed E-state index contributed by atoms with van der Waals surface area (Å²) >= 11 is 0. The van der Waals surface area contributed by atoms with Crippen molar-refractivity contribution in [2.45, 2.75) is 39.4 Å². The third-order valence-electron chi connectivity index (χ3n) is 3.40. The van der Waals surface area contributed by atoms with Crippen LogP contribution in [0.4, 0.5) is 0 Å². The van der Waals surface area contributed by atoms with E-state index in [0.717, 1.165) is 36.5 Å². The quantitative estimate of drug-likeness (QED) is 0.587. The van der Waals surface area contributed by atoms with Crippen LogP contribution in [0, 0.1) is 0 Å². The Kier molecular flexibility index (Phi) is 7.47. The predicted molar refractivity (Wildman–Crippen MR) is 93.0 cm³/mol. The molecule has 2 aromatic rings. The van der Waals surface area contributed by atoms with Crippen molar-refractivity contribution in [1.29, 1.82) is 0 Å². The number of benzene rings is 2. The monoisotopic (exact) mass is 314 g/mol. The number of unbranched alkanes of at least 4 members (excludes halogenated alkanes) is 1. The highest BCUT2D eigenvalue weighted by molar-refractivity contribution is 5.31. The second-order valence-corrected chi connectivity index (χ2v) is 5.60. The highest BCUT2D eigenvalue weighted by atomic mass is 16.5. The van der Waals surface area contributed by atoms with Gasteiger partial charge in [-0.2, -0.15) is 0 Å². The van der Waals surface area contributed by atoms with Gasteiger partial charge in [-0.25, -0.2) is 0 Å². The maximum absolute atomic E-state index is 5.83. The zero-order chi connectivity index (χ0) is 16.3. The molecule has 0 heterocycles. The zero-order valence-corrected chi connectivity index (χ0v) is 14.0. The number of ether oxygens (including phenoxy) is 3. The van der Waals surface area contributed by atoms with Crippen LogP contribution in [0.15, 0.2) is 54.6 Å². The zero-order valence-electron chi connectivity index (χ0n) is 14.0. The molecule has 124 valence electrons. The molecule has 3 nitrogen and oxygen atoms in total. The maximum Gasteiger partial charge on any atom is 0.120 e. The highest BCUT2D eigenvalue weighted by Crippen LogP contribution is 2.19. The Hall–Kier alpha value is -2.00. The molecule has 0 unspecified atom stereocenters. The first-order valence-electron chi connectivity index (χ1n) is 8.29. The molecule has 0 bridgehead atoms. The van der Waals surface area contributed by atoms with E-state index in [-0.39, 0.29) is 6.10 Å². The number of rotatable bonds is 10. The lowest BCUT2D eigenvalue weighted by Gasteiger charge is -2.15. The smallest absolute Gasteiger partial charge is 0.120 e. The number of hydrogen-bond acceptors (Lipinski definition) is 3. The Bertz CT molecular complexity index is 537. The minimum Gasteiger partial charge on any atom is -0.489 e. The average molecular weight is 314 g/mol. The normalized spacial score (nSPS) is 11.9. The summed E-state index contributed by atoms with van der Waals surface area (Å²) in [5, 5.41) is 0. The molecule has 2 rings (SSSR count). The molecule has 0 amide bonds. The summed E-state index contributed by atoms with van der Waals surface area (Å²) < 4.78 is 17.2. The summed E-state index contributed by atoms with van der Waals surface area (Å²) in [4.78, 5) is 0. The first-order valence-corrected chi connectivity index (χ1v) is 8.29. The Balaban J connectivity index is 1.73. The molecular weight excluding hydrogens is 288 g/mol. The van der Waals surface area contributed by atoms with Crippen molar-refractivity contribution in [3.05, 3.63) is 60.2 Å². The molecule has 2 aromatic carbocycles.